The molecule has 1 unspecified atom stereocenters. The van der Waals surface area contributed by atoms with Gasteiger partial charge in [-0.15, -0.1) is 0 Å². The van der Waals surface area contributed by atoms with Crippen LogP contribution in [0.5, 0.6) is 0 Å². The van der Waals surface area contributed by atoms with Crippen LogP contribution in [-0.2, 0) is 36.9 Å². The van der Waals surface area contributed by atoms with E-state index in [4.69, 9.17) is 11.5 Å². The Bertz CT molecular complexity index is 1840. The first-order valence-corrected chi connectivity index (χ1v) is 18.4. The quantitative estimate of drug-likeness (QED) is 0.0595. The molecule has 0 aromatic heterocycles. The number of nitrogens with one attached hydrogen (secondary N) is 4. The van der Waals surface area contributed by atoms with Gasteiger partial charge in [0.05, 0.1) is 6.42 Å². The van der Waals surface area contributed by atoms with E-state index >= 15 is 0 Å². The topological polar surface area (TPSA) is 238 Å². The minimum absolute atomic E-state index is 0.0348. The molecule has 5 rings (SSSR count). The Morgan fingerprint density at radius 3 is 2.09 bits per heavy atom. The number of carbonyl (C=O) groups excluding carboxylic acids is 5. The summed E-state index contributed by atoms with van der Waals surface area (Å²) >= 11 is 0. The van der Waals surface area contributed by atoms with E-state index in [1.165, 1.54) is 0 Å². The lowest BCUT2D eigenvalue weighted by atomic mass is 9.86. The van der Waals surface area contributed by atoms with E-state index in [2.05, 4.69) is 26.3 Å². The minimum atomic E-state index is -1.45. The normalized spacial score (nSPS) is 19.9. The molecule has 6 atom stereocenters. The lowest BCUT2D eigenvalue weighted by Crippen LogP contribution is -2.61. The van der Waals surface area contributed by atoms with Crippen LogP contribution >= 0.6 is 0 Å². The van der Waals surface area contributed by atoms with E-state index in [0.29, 0.717) is 31.2 Å². The molecule has 2 heterocycles. The lowest BCUT2D eigenvalue weighted by molar-refractivity contribution is -0.145. The summed E-state index contributed by atoms with van der Waals surface area (Å²) in [4.78, 5) is 85.8. The first-order valence-electron chi connectivity index (χ1n) is 18.4. The predicted molar refractivity (Wildman–Crippen MR) is 204 cm³/mol. The zero-order valence-electron chi connectivity index (χ0n) is 30.4. The van der Waals surface area contributed by atoms with Crippen molar-refractivity contribution in [3.63, 3.8) is 0 Å². The van der Waals surface area contributed by atoms with Crippen LogP contribution in [0.4, 0.5) is 0 Å². The SMILES string of the molecule is NC(N)=NCCC[C@H](NC(=O)[C@@H]1C[C@@H](Cc2ccccc2)C2CC[C@@H](NC(=O)c3ccccc3)C(=O)N21)C(=O)N[C@@H](CC(=O)O)C(=O)NCc1ccccc1. The maximum atomic E-state index is 14.3. The van der Waals surface area contributed by atoms with Crippen molar-refractivity contribution in [1.82, 2.24) is 26.2 Å². The van der Waals surface area contributed by atoms with Crippen LogP contribution in [0.25, 0.3) is 0 Å². The molecular weight excluding hydrogens is 704 g/mol. The van der Waals surface area contributed by atoms with Gasteiger partial charge in [0, 0.05) is 24.7 Å². The van der Waals surface area contributed by atoms with Crippen molar-refractivity contribution < 1.29 is 33.9 Å². The average molecular weight is 753 g/mol. The second kappa shape index (κ2) is 19.2. The number of hydrogen-bond donors (Lipinski definition) is 7. The molecule has 2 saturated heterocycles. The van der Waals surface area contributed by atoms with Gasteiger partial charge >= 0.3 is 5.97 Å². The van der Waals surface area contributed by atoms with Crippen LogP contribution in [0.3, 0.4) is 0 Å². The molecule has 2 aliphatic heterocycles. The fourth-order valence-electron chi connectivity index (χ4n) is 7.29. The number of carboxylic acid groups (broad SMARTS) is 1. The first kappa shape index (κ1) is 39.9. The maximum Gasteiger partial charge on any atom is 0.305 e. The van der Waals surface area contributed by atoms with Gasteiger partial charge in [-0.25, -0.2) is 0 Å². The number of carboxylic acids is 1. The summed E-state index contributed by atoms with van der Waals surface area (Å²) in [5, 5.41) is 20.4. The van der Waals surface area contributed by atoms with Crippen molar-refractivity contribution in [2.75, 3.05) is 6.54 Å². The molecule has 0 bridgehead atoms. The monoisotopic (exact) mass is 752 g/mol. The van der Waals surface area contributed by atoms with Crippen molar-refractivity contribution >= 4 is 41.5 Å². The standard InChI is InChI=1S/C40H48N8O7/c41-40(42)43-20-10-17-29(37(53)47-31(23-34(49)50)36(52)44-24-26-13-6-2-7-14-26)45-38(54)33-22-28(21-25-11-4-1-5-12-25)32-19-18-30(39(55)48(32)33)46-35(51)27-15-8-3-9-16-27/h1-9,11-16,28-33H,10,17-24H2,(H,44,52)(H,45,54)(H,46,51)(H,47,53)(H,49,50)(H4,41,42,43)/t28-,29+,30-,31+,32?,33+/m1/s1. The highest BCUT2D eigenvalue weighted by atomic mass is 16.4. The highest BCUT2D eigenvalue weighted by molar-refractivity contribution is 5.99. The van der Waals surface area contributed by atoms with Gasteiger partial charge in [-0.1, -0.05) is 78.9 Å². The van der Waals surface area contributed by atoms with E-state index < -0.39 is 60.2 Å². The summed E-state index contributed by atoms with van der Waals surface area (Å²) in [5.74, 6) is -4.43. The summed E-state index contributed by atoms with van der Waals surface area (Å²) in [7, 11) is 0. The fourth-order valence-corrected chi connectivity index (χ4v) is 7.29. The number of aliphatic imine (C=N–C) groups is 1. The molecule has 9 N–H and O–H groups in total. The molecular formula is C40H48N8O7. The van der Waals surface area contributed by atoms with Gasteiger partial charge in [0.15, 0.2) is 5.96 Å². The fraction of sp³-hybridized carbons (Fsp3) is 0.375. The third-order valence-corrected chi connectivity index (χ3v) is 9.95. The van der Waals surface area contributed by atoms with Gasteiger partial charge < -0.3 is 42.7 Å². The van der Waals surface area contributed by atoms with E-state index in [1.54, 1.807) is 59.5 Å². The molecule has 0 aliphatic carbocycles. The third kappa shape index (κ3) is 11.1. The number of rotatable bonds is 17. The molecule has 15 heteroatoms. The Hall–Kier alpha value is -6.25. The second-order valence-electron chi connectivity index (χ2n) is 13.9. The number of guanidine groups is 1. The Morgan fingerprint density at radius 1 is 0.818 bits per heavy atom. The molecule has 0 saturated carbocycles. The summed E-state index contributed by atoms with van der Waals surface area (Å²) in [5.41, 5.74) is 13.2. The van der Waals surface area contributed by atoms with Gasteiger partial charge in [0.2, 0.25) is 23.6 Å². The second-order valence-corrected chi connectivity index (χ2v) is 13.9. The largest absolute Gasteiger partial charge is 0.481 e. The zero-order chi connectivity index (χ0) is 39.3. The van der Waals surface area contributed by atoms with E-state index in [0.717, 1.165) is 11.1 Å². The molecule has 3 aromatic rings. The Labute approximate surface area is 319 Å². The molecule has 3 aromatic carbocycles. The highest BCUT2D eigenvalue weighted by Gasteiger charge is 2.51. The minimum Gasteiger partial charge on any atom is -0.481 e. The molecule has 55 heavy (non-hydrogen) atoms. The molecule has 290 valence electrons. The molecule has 0 radical (unpaired) electrons. The van der Waals surface area contributed by atoms with Gasteiger partial charge in [0.25, 0.3) is 5.91 Å². The number of aliphatic carboxylic acids is 1. The summed E-state index contributed by atoms with van der Waals surface area (Å²) in [6.07, 6.45) is 1.44. The average Bonchev–Trinajstić information content (AvgIpc) is 3.55. The first-order chi connectivity index (χ1) is 26.5. The van der Waals surface area contributed by atoms with Crippen LogP contribution in [0.2, 0.25) is 0 Å². The van der Waals surface area contributed by atoms with Crippen molar-refractivity contribution in [2.24, 2.45) is 22.4 Å². The van der Waals surface area contributed by atoms with Crippen LogP contribution in [0.1, 0.15) is 60.0 Å². The number of fused-ring (bicyclic) bond motifs is 1. The summed E-state index contributed by atoms with van der Waals surface area (Å²) in [6, 6.07) is 22.5. The van der Waals surface area contributed by atoms with Crippen LogP contribution in [-0.4, -0.2) is 88.2 Å². The number of amides is 5. The van der Waals surface area contributed by atoms with Gasteiger partial charge in [0.1, 0.15) is 24.2 Å². The van der Waals surface area contributed by atoms with Crippen molar-refractivity contribution in [2.45, 2.75) is 81.7 Å². The smallest absolute Gasteiger partial charge is 0.305 e. The van der Waals surface area contributed by atoms with Crippen molar-refractivity contribution in [1.29, 1.82) is 0 Å². The number of benzene rings is 3. The summed E-state index contributed by atoms with van der Waals surface area (Å²) in [6.45, 7) is 0.240. The van der Waals surface area contributed by atoms with Crippen LogP contribution < -0.4 is 32.7 Å². The number of nitrogens with zero attached hydrogens (tertiary/aromatic N) is 2. The van der Waals surface area contributed by atoms with Crippen LogP contribution in [0.15, 0.2) is 96.0 Å². The molecule has 2 aliphatic rings. The molecule has 0 spiro atoms. The van der Waals surface area contributed by atoms with Gasteiger partial charge in [-0.3, -0.25) is 33.8 Å². The predicted octanol–water partition coefficient (Wildman–Crippen LogP) is 1.22. The summed E-state index contributed by atoms with van der Waals surface area (Å²) < 4.78 is 0. The van der Waals surface area contributed by atoms with Crippen molar-refractivity contribution in [3.8, 4) is 0 Å². The van der Waals surface area contributed by atoms with Gasteiger partial charge in [-0.2, -0.15) is 0 Å². The number of nitrogens with two attached hydrogens (primary N) is 2. The van der Waals surface area contributed by atoms with E-state index in [9.17, 15) is 33.9 Å². The number of carbonyl (C=O) groups is 6. The number of hydrogen-bond acceptors (Lipinski definition) is 7. The lowest BCUT2D eigenvalue weighted by Gasteiger charge is -2.39. The maximum absolute atomic E-state index is 14.3. The van der Waals surface area contributed by atoms with E-state index in [-0.39, 0.29) is 49.8 Å². The van der Waals surface area contributed by atoms with Crippen LogP contribution in [0, 0.1) is 5.92 Å². The molecule has 15 nitrogen and oxygen atoms in total. The van der Waals surface area contributed by atoms with E-state index in [1.807, 2.05) is 36.4 Å². The number of piperidine rings is 1. The Morgan fingerprint density at radius 2 is 1.45 bits per heavy atom. The highest BCUT2D eigenvalue weighted by Crippen LogP contribution is 2.39. The van der Waals surface area contributed by atoms with Gasteiger partial charge in [-0.05, 0) is 67.7 Å². The Balaban J connectivity index is 1.35. The third-order valence-electron chi connectivity index (χ3n) is 9.95. The Kier molecular flexibility index (Phi) is 13.9. The molecule has 5 amide bonds. The zero-order valence-corrected chi connectivity index (χ0v) is 30.4. The van der Waals surface area contributed by atoms with Crippen molar-refractivity contribution in [3.05, 3.63) is 108 Å². The molecule has 2 fully saturated rings.